The van der Waals surface area contributed by atoms with Gasteiger partial charge in [-0.3, -0.25) is 13.9 Å². The molecular formula is C14H17N5O3S. The second-order valence-electron chi connectivity index (χ2n) is 5.33. The number of rotatable bonds is 1. The van der Waals surface area contributed by atoms with Crippen LogP contribution in [0.1, 0.15) is 0 Å². The third kappa shape index (κ3) is 2.83. The second kappa shape index (κ2) is 6.07. The van der Waals surface area contributed by atoms with Crippen LogP contribution in [0.3, 0.4) is 0 Å². The molecule has 1 fully saturated rings. The molecular weight excluding hydrogens is 318 g/mol. The number of thioether (sulfide) groups is 1. The highest BCUT2D eigenvalue weighted by molar-refractivity contribution is 7.99. The van der Waals surface area contributed by atoms with Crippen LogP contribution in [0, 0.1) is 0 Å². The number of carbonyl (C=O) groups is 1. The molecule has 0 aromatic carbocycles. The van der Waals surface area contributed by atoms with Crippen LogP contribution in [0.15, 0.2) is 21.9 Å². The van der Waals surface area contributed by atoms with Gasteiger partial charge in [-0.1, -0.05) is 0 Å². The molecule has 0 spiro atoms. The number of hydrogen-bond donors (Lipinski definition) is 1. The first-order valence-corrected chi connectivity index (χ1v) is 8.34. The molecule has 0 saturated carbocycles. The molecule has 0 unspecified atom stereocenters. The van der Waals surface area contributed by atoms with E-state index < -0.39 is 11.2 Å². The van der Waals surface area contributed by atoms with E-state index in [9.17, 15) is 14.4 Å². The van der Waals surface area contributed by atoms with Crippen molar-refractivity contribution in [3.8, 4) is 0 Å². The van der Waals surface area contributed by atoms with Crippen molar-refractivity contribution in [1.29, 1.82) is 0 Å². The van der Waals surface area contributed by atoms with Crippen molar-refractivity contribution in [2.75, 3.05) is 29.9 Å². The molecule has 1 aliphatic rings. The van der Waals surface area contributed by atoms with E-state index in [1.165, 1.54) is 17.8 Å². The number of nitrogens with one attached hydrogen (secondary N) is 1. The van der Waals surface area contributed by atoms with Gasteiger partial charge in [-0.15, -0.1) is 0 Å². The van der Waals surface area contributed by atoms with Crippen molar-refractivity contribution in [2.24, 2.45) is 14.1 Å². The molecule has 3 rings (SSSR count). The minimum Gasteiger partial charge on any atom is -0.323 e. The van der Waals surface area contributed by atoms with Crippen molar-refractivity contribution < 1.29 is 4.79 Å². The largest absolute Gasteiger partial charge is 0.332 e. The van der Waals surface area contributed by atoms with E-state index in [1.54, 1.807) is 18.0 Å². The zero-order valence-electron chi connectivity index (χ0n) is 12.9. The van der Waals surface area contributed by atoms with Crippen molar-refractivity contribution in [3.05, 3.63) is 33.1 Å². The molecule has 8 nitrogen and oxygen atoms in total. The van der Waals surface area contributed by atoms with Gasteiger partial charge in [0.25, 0.3) is 5.56 Å². The Morgan fingerprint density at radius 1 is 1.22 bits per heavy atom. The highest BCUT2D eigenvalue weighted by atomic mass is 32.2. The van der Waals surface area contributed by atoms with E-state index in [0.29, 0.717) is 29.8 Å². The summed E-state index contributed by atoms with van der Waals surface area (Å²) in [5.41, 5.74) is -0.124. The topological polar surface area (TPSA) is 89.2 Å². The molecule has 0 atom stereocenters. The van der Waals surface area contributed by atoms with Gasteiger partial charge in [0.15, 0.2) is 0 Å². The van der Waals surface area contributed by atoms with Crippen LogP contribution >= 0.6 is 11.8 Å². The van der Waals surface area contributed by atoms with Gasteiger partial charge in [-0.05, 0) is 6.07 Å². The highest BCUT2D eigenvalue weighted by Gasteiger charge is 2.17. The maximum atomic E-state index is 12.2. The van der Waals surface area contributed by atoms with E-state index in [1.807, 2.05) is 11.8 Å². The number of anilines is 1. The Morgan fingerprint density at radius 3 is 2.61 bits per heavy atom. The van der Waals surface area contributed by atoms with Crippen molar-refractivity contribution in [1.82, 2.24) is 19.0 Å². The molecule has 122 valence electrons. The summed E-state index contributed by atoms with van der Waals surface area (Å²) in [6.45, 7) is 1.40. The average molecular weight is 335 g/mol. The van der Waals surface area contributed by atoms with E-state index in [4.69, 9.17) is 0 Å². The molecule has 0 bridgehead atoms. The summed E-state index contributed by atoms with van der Waals surface area (Å²) in [6, 6.07) is 1.36. The van der Waals surface area contributed by atoms with Crippen LogP contribution in [0.4, 0.5) is 10.5 Å². The maximum Gasteiger partial charge on any atom is 0.332 e. The van der Waals surface area contributed by atoms with Gasteiger partial charge in [0.2, 0.25) is 0 Å². The first kappa shape index (κ1) is 15.6. The summed E-state index contributed by atoms with van der Waals surface area (Å²) in [6.07, 6.45) is 1.46. The van der Waals surface area contributed by atoms with Crippen LogP contribution in [-0.2, 0) is 14.1 Å². The molecule has 9 heteroatoms. The van der Waals surface area contributed by atoms with Gasteiger partial charge < -0.3 is 10.2 Å². The van der Waals surface area contributed by atoms with E-state index in [2.05, 4.69) is 10.3 Å². The number of amides is 2. The van der Waals surface area contributed by atoms with Gasteiger partial charge in [0.1, 0.15) is 5.65 Å². The number of hydrogen-bond acceptors (Lipinski definition) is 5. The van der Waals surface area contributed by atoms with Crippen molar-refractivity contribution in [2.45, 2.75) is 0 Å². The zero-order chi connectivity index (χ0) is 16.6. The predicted molar refractivity (Wildman–Crippen MR) is 90.1 cm³/mol. The fourth-order valence-electron chi connectivity index (χ4n) is 2.50. The van der Waals surface area contributed by atoms with Crippen molar-refractivity contribution in [3.63, 3.8) is 0 Å². The quantitative estimate of drug-likeness (QED) is 0.805. The monoisotopic (exact) mass is 335 g/mol. The molecule has 2 aromatic heterocycles. The minimum absolute atomic E-state index is 0.201. The highest BCUT2D eigenvalue weighted by Crippen LogP contribution is 2.14. The molecule has 0 radical (unpaired) electrons. The summed E-state index contributed by atoms with van der Waals surface area (Å²) in [5.74, 6) is 1.85. The first-order chi connectivity index (χ1) is 11.0. The Morgan fingerprint density at radius 2 is 1.91 bits per heavy atom. The minimum atomic E-state index is -0.433. The van der Waals surface area contributed by atoms with E-state index >= 15 is 0 Å². The third-order valence-corrected chi connectivity index (χ3v) is 4.79. The number of carbonyl (C=O) groups excluding carboxylic acids is 1. The Labute approximate surface area is 136 Å². The van der Waals surface area contributed by atoms with Gasteiger partial charge in [-0.25, -0.2) is 14.6 Å². The molecule has 1 aliphatic heterocycles. The molecule has 1 N–H and O–H groups in total. The molecule has 1 saturated heterocycles. The Kier molecular flexibility index (Phi) is 4.12. The van der Waals surface area contributed by atoms with Crippen LogP contribution in [-0.4, -0.2) is 49.6 Å². The number of urea groups is 1. The zero-order valence-corrected chi connectivity index (χ0v) is 13.7. The smallest absolute Gasteiger partial charge is 0.323 e. The third-order valence-electron chi connectivity index (χ3n) is 3.84. The summed E-state index contributed by atoms with van der Waals surface area (Å²) in [4.78, 5) is 42.2. The lowest BCUT2D eigenvalue weighted by molar-refractivity contribution is 0.217. The summed E-state index contributed by atoms with van der Waals surface area (Å²) in [7, 11) is 2.97. The van der Waals surface area contributed by atoms with Gasteiger partial charge >= 0.3 is 11.7 Å². The summed E-state index contributed by atoms with van der Waals surface area (Å²) >= 11 is 1.82. The van der Waals surface area contributed by atoms with Crippen LogP contribution in [0.25, 0.3) is 11.0 Å². The average Bonchev–Trinajstić information content (AvgIpc) is 2.58. The standard InChI is InChI=1S/C14H17N5O3S/c1-17-11-10(12(20)18(2)14(17)22)7-9(8-15-11)16-13(21)19-3-5-23-6-4-19/h7-8H,3-6H2,1-2H3,(H,16,21). The molecule has 2 aromatic rings. The van der Waals surface area contributed by atoms with Gasteiger partial charge in [0, 0.05) is 38.7 Å². The van der Waals surface area contributed by atoms with E-state index in [0.717, 1.165) is 16.1 Å². The fraction of sp³-hybridized carbons (Fsp3) is 0.429. The Balaban J connectivity index is 1.95. The molecule has 2 amide bonds. The normalized spacial score (nSPS) is 15.0. The van der Waals surface area contributed by atoms with Crippen molar-refractivity contribution >= 4 is 34.5 Å². The number of aromatic nitrogens is 3. The SMILES string of the molecule is Cn1c(=O)c2cc(NC(=O)N3CCSCC3)cnc2n(C)c1=O. The number of fused-ring (bicyclic) bond motifs is 1. The fourth-order valence-corrected chi connectivity index (χ4v) is 3.41. The molecule has 0 aliphatic carbocycles. The van der Waals surface area contributed by atoms with Crippen LogP contribution in [0.2, 0.25) is 0 Å². The number of pyridine rings is 1. The number of aryl methyl sites for hydroxylation is 1. The van der Waals surface area contributed by atoms with E-state index in [-0.39, 0.29) is 6.03 Å². The van der Waals surface area contributed by atoms with Crippen LogP contribution in [0.5, 0.6) is 0 Å². The summed E-state index contributed by atoms with van der Waals surface area (Å²) < 4.78 is 2.33. The Hall–Kier alpha value is -2.29. The second-order valence-corrected chi connectivity index (χ2v) is 6.56. The van der Waals surface area contributed by atoms with Gasteiger partial charge in [-0.2, -0.15) is 11.8 Å². The number of nitrogens with zero attached hydrogens (tertiary/aromatic N) is 4. The maximum absolute atomic E-state index is 12.2. The first-order valence-electron chi connectivity index (χ1n) is 7.18. The lowest BCUT2D eigenvalue weighted by atomic mass is 10.3. The lowest BCUT2D eigenvalue weighted by Gasteiger charge is -2.26. The van der Waals surface area contributed by atoms with Gasteiger partial charge in [0.05, 0.1) is 17.3 Å². The molecule has 23 heavy (non-hydrogen) atoms. The predicted octanol–water partition coefficient (Wildman–Crippen LogP) is 0.213. The summed E-state index contributed by atoms with van der Waals surface area (Å²) in [5, 5.41) is 3.06. The Bertz CT molecular complexity index is 882. The molecule has 3 heterocycles. The van der Waals surface area contributed by atoms with Crippen LogP contribution < -0.4 is 16.6 Å². The lowest BCUT2D eigenvalue weighted by Crippen LogP contribution is -2.40.